The van der Waals surface area contributed by atoms with Crippen molar-refractivity contribution in [3.8, 4) is 0 Å². The predicted octanol–water partition coefficient (Wildman–Crippen LogP) is 3.50. The van der Waals surface area contributed by atoms with Crippen LogP contribution in [0, 0.1) is 5.92 Å². The molecule has 4 heteroatoms. The Morgan fingerprint density at radius 2 is 2.00 bits per heavy atom. The van der Waals surface area contributed by atoms with E-state index in [9.17, 15) is 13.2 Å². The molecule has 1 rings (SSSR count). The fourth-order valence-electron chi connectivity index (χ4n) is 2.59. The number of hydrogen-bond donors (Lipinski definition) is 1. The second kappa shape index (κ2) is 4.73. The van der Waals surface area contributed by atoms with E-state index in [0.29, 0.717) is 13.0 Å². The molecule has 1 nitrogen and oxygen atoms in total. The first-order valence-electron chi connectivity index (χ1n) is 5.77. The Hall–Kier alpha value is -0.250. The summed E-state index contributed by atoms with van der Waals surface area (Å²) < 4.78 is 39.1. The van der Waals surface area contributed by atoms with Crippen molar-refractivity contribution >= 4 is 0 Å². The van der Waals surface area contributed by atoms with Gasteiger partial charge in [0.05, 0.1) is 0 Å². The average Bonchev–Trinajstić information content (AvgIpc) is 2.17. The topological polar surface area (TPSA) is 12.0 Å². The summed E-state index contributed by atoms with van der Waals surface area (Å²) in [5.41, 5.74) is -1.61. The highest BCUT2D eigenvalue weighted by molar-refractivity contribution is 4.98. The molecule has 0 spiro atoms. The van der Waals surface area contributed by atoms with E-state index >= 15 is 0 Å². The molecule has 15 heavy (non-hydrogen) atoms. The van der Waals surface area contributed by atoms with Gasteiger partial charge >= 0.3 is 6.18 Å². The van der Waals surface area contributed by atoms with Crippen LogP contribution in [0.1, 0.15) is 46.0 Å². The molecule has 0 bridgehead atoms. The normalized spacial score (nSPS) is 33.0. The molecule has 0 saturated heterocycles. The molecular formula is C11H20F3N. The van der Waals surface area contributed by atoms with Crippen molar-refractivity contribution in [1.82, 2.24) is 5.32 Å². The number of nitrogens with one attached hydrogen (secondary N) is 1. The minimum atomic E-state index is -4.11. The maximum atomic E-state index is 13.0. The number of halogens is 3. The molecule has 1 aliphatic rings. The Morgan fingerprint density at radius 1 is 1.33 bits per heavy atom. The summed E-state index contributed by atoms with van der Waals surface area (Å²) in [6.45, 7) is 4.10. The van der Waals surface area contributed by atoms with Crippen LogP contribution in [0.4, 0.5) is 13.2 Å². The molecule has 1 fully saturated rings. The molecular weight excluding hydrogens is 203 g/mol. The zero-order valence-electron chi connectivity index (χ0n) is 9.45. The van der Waals surface area contributed by atoms with Crippen molar-refractivity contribution in [3.05, 3.63) is 0 Å². The van der Waals surface area contributed by atoms with Gasteiger partial charge in [-0.1, -0.05) is 33.1 Å². The van der Waals surface area contributed by atoms with Crippen LogP contribution >= 0.6 is 0 Å². The van der Waals surface area contributed by atoms with Crippen molar-refractivity contribution in [3.63, 3.8) is 0 Å². The summed E-state index contributed by atoms with van der Waals surface area (Å²) in [5, 5.41) is 2.68. The molecule has 0 aromatic heterocycles. The predicted molar refractivity (Wildman–Crippen MR) is 54.7 cm³/mol. The molecule has 1 aliphatic carbocycles. The number of rotatable bonds is 3. The van der Waals surface area contributed by atoms with Crippen molar-refractivity contribution in [2.45, 2.75) is 57.7 Å². The molecule has 2 atom stereocenters. The van der Waals surface area contributed by atoms with Crippen LogP contribution in [-0.2, 0) is 0 Å². The van der Waals surface area contributed by atoms with Gasteiger partial charge in [-0.3, -0.25) is 0 Å². The van der Waals surface area contributed by atoms with Gasteiger partial charge in [-0.05, 0) is 25.3 Å². The second-order valence-corrected chi connectivity index (χ2v) is 4.48. The van der Waals surface area contributed by atoms with Gasteiger partial charge in [-0.15, -0.1) is 0 Å². The van der Waals surface area contributed by atoms with E-state index in [4.69, 9.17) is 0 Å². The van der Waals surface area contributed by atoms with Crippen LogP contribution in [-0.4, -0.2) is 18.3 Å². The third-order valence-corrected chi connectivity index (χ3v) is 3.49. The Morgan fingerprint density at radius 3 is 2.47 bits per heavy atom. The Balaban J connectivity index is 2.80. The first-order valence-corrected chi connectivity index (χ1v) is 5.77. The average molecular weight is 223 g/mol. The van der Waals surface area contributed by atoms with Gasteiger partial charge in [0, 0.05) is 0 Å². The highest BCUT2D eigenvalue weighted by Gasteiger charge is 2.55. The lowest BCUT2D eigenvalue weighted by atomic mass is 9.74. The van der Waals surface area contributed by atoms with Crippen LogP contribution < -0.4 is 5.32 Å². The summed E-state index contributed by atoms with van der Waals surface area (Å²) in [7, 11) is 0. The monoisotopic (exact) mass is 223 g/mol. The molecule has 0 heterocycles. The van der Waals surface area contributed by atoms with Crippen molar-refractivity contribution in [1.29, 1.82) is 0 Å². The maximum Gasteiger partial charge on any atom is 0.406 e. The minimum Gasteiger partial charge on any atom is -0.304 e. The molecule has 1 N–H and O–H groups in total. The molecule has 2 unspecified atom stereocenters. The van der Waals surface area contributed by atoms with E-state index in [1.807, 2.05) is 6.92 Å². The Labute approximate surface area is 89.4 Å². The molecule has 0 aliphatic heterocycles. The lowest BCUT2D eigenvalue weighted by Crippen LogP contribution is -2.59. The Bertz CT molecular complexity index is 198. The van der Waals surface area contributed by atoms with E-state index < -0.39 is 11.7 Å². The quantitative estimate of drug-likeness (QED) is 0.772. The van der Waals surface area contributed by atoms with Crippen LogP contribution in [0.25, 0.3) is 0 Å². The van der Waals surface area contributed by atoms with Gasteiger partial charge in [0.1, 0.15) is 5.54 Å². The molecule has 1 saturated carbocycles. The molecule has 0 aromatic carbocycles. The maximum absolute atomic E-state index is 13.0. The fourth-order valence-corrected chi connectivity index (χ4v) is 2.59. The van der Waals surface area contributed by atoms with E-state index in [1.165, 1.54) is 0 Å². The molecule has 90 valence electrons. The summed E-state index contributed by atoms with van der Waals surface area (Å²) in [5.74, 6) is 0.222. The molecule has 0 aromatic rings. The van der Waals surface area contributed by atoms with Gasteiger partial charge in [0.2, 0.25) is 0 Å². The van der Waals surface area contributed by atoms with Crippen molar-refractivity contribution < 1.29 is 13.2 Å². The van der Waals surface area contributed by atoms with Crippen LogP contribution in [0.15, 0.2) is 0 Å². The fraction of sp³-hybridized carbons (Fsp3) is 1.00. The lowest BCUT2D eigenvalue weighted by molar-refractivity contribution is -0.209. The zero-order chi connectivity index (χ0) is 11.5. The van der Waals surface area contributed by atoms with Gasteiger partial charge in [-0.2, -0.15) is 13.2 Å². The van der Waals surface area contributed by atoms with Gasteiger partial charge < -0.3 is 5.32 Å². The largest absolute Gasteiger partial charge is 0.406 e. The zero-order valence-corrected chi connectivity index (χ0v) is 9.45. The summed E-state index contributed by atoms with van der Waals surface area (Å²) in [4.78, 5) is 0. The van der Waals surface area contributed by atoms with Crippen LogP contribution in [0.3, 0.4) is 0 Å². The lowest BCUT2D eigenvalue weighted by Gasteiger charge is -2.42. The third-order valence-electron chi connectivity index (χ3n) is 3.49. The summed E-state index contributed by atoms with van der Waals surface area (Å²) in [6.07, 6.45) is -1.15. The summed E-state index contributed by atoms with van der Waals surface area (Å²) >= 11 is 0. The minimum absolute atomic E-state index is 0.222. The molecule has 0 radical (unpaired) electrons. The Kier molecular flexibility index (Phi) is 4.04. The van der Waals surface area contributed by atoms with Gasteiger partial charge in [0.25, 0.3) is 0 Å². The number of hydrogen-bond acceptors (Lipinski definition) is 1. The highest BCUT2D eigenvalue weighted by Crippen LogP contribution is 2.44. The first kappa shape index (κ1) is 12.8. The van der Waals surface area contributed by atoms with E-state index in [1.54, 1.807) is 6.92 Å². The van der Waals surface area contributed by atoms with E-state index in [-0.39, 0.29) is 18.8 Å². The van der Waals surface area contributed by atoms with E-state index in [2.05, 4.69) is 5.32 Å². The highest BCUT2D eigenvalue weighted by atomic mass is 19.4. The third kappa shape index (κ3) is 2.65. The summed E-state index contributed by atoms with van der Waals surface area (Å²) in [6, 6.07) is 0. The standard InChI is InChI=1S/C11H20F3N/c1-3-9-6-5-7-10(8-9,15-4-2)11(12,13)14/h9,15H,3-8H2,1-2H3. The first-order chi connectivity index (χ1) is 6.95. The second-order valence-electron chi connectivity index (χ2n) is 4.48. The number of alkyl halides is 3. The van der Waals surface area contributed by atoms with Crippen LogP contribution in [0.2, 0.25) is 0 Å². The smallest absolute Gasteiger partial charge is 0.304 e. The van der Waals surface area contributed by atoms with Gasteiger partial charge in [0.15, 0.2) is 0 Å². The van der Waals surface area contributed by atoms with Crippen molar-refractivity contribution in [2.24, 2.45) is 5.92 Å². The molecule has 0 amide bonds. The van der Waals surface area contributed by atoms with Crippen LogP contribution in [0.5, 0.6) is 0 Å². The van der Waals surface area contributed by atoms with Crippen molar-refractivity contribution in [2.75, 3.05) is 6.54 Å². The van der Waals surface area contributed by atoms with E-state index in [0.717, 1.165) is 12.8 Å². The SMILES string of the molecule is CCNC1(C(F)(F)F)CCCC(CC)C1. The van der Waals surface area contributed by atoms with Gasteiger partial charge in [-0.25, -0.2) is 0 Å².